The molecule has 0 bridgehead atoms. The molecule has 2 aromatic rings. The zero-order valence-corrected chi connectivity index (χ0v) is 17.3. The standard InChI is InChI=1S/C22H27FN2O6/c1-27-9-10-28-11-12-29-13-14-30-22(26)17-6-4-5-16(15-17)20-24-21(31-25-20)18-7-2-3-8-19(18)23/h2-8,15,20-21,24-25H,9-14H2,1H3. The maximum absolute atomic E-state index is 14.0. The monoisotopic (exact) mass is 434 g/mol. The number of hydrogen-bond donors (Lipinski definition) is 2. The molecule has 2 aromatic carbocycles. The lowest BCUT2D eigenvalue weighted by atomic mass is 10.1. The van der Waals surface area contributed by atoms with Gasteiger partial charge in [0.2, 0.25) is 0 Å². The van der Waals surface area contributed by atoms with Crippen molar-refractivity contribution in [1.82, 2.24) is 10.8 Å². The molecule has 2 N–H and O–H groups in total. The summed E-state index contributed by atoms with van der Waals surface area (Å²) in [5.41, 5.74) is 4.39. The number of rotatable bonds is 12. The Labute approximate surface area is 180 Å². The van der Waals surface area contributed by atoms with E-state index < -0.39 is 18.4 Å². The normalized spacial score (nSPS) is 18.3. The lowest BCUT2D eigenvalue weighted by Crippen LogP contribution is -2.23. The molecule has 9 heteroatoms. The number of carbonyl (C=O) groups is 1. The zero-order valence-electron chi connectivity index (χ0n) is 17.3. The molecular weight excluding hydrogens is 407 g/mol. The molecule has 8 nitrogen and oxygen atoms in total. The van der Waals surface area contributed by atoms with E-state index in [4.69, 9.17) is 23.8 Å². The summed E-state index contributed by atoms with van der Waals surface area (Å²) >= 11 is 0. The average Bonchev–Trinajstić information content (AvgIpc) is 3.28. The third kappa shape index (κ3) is 7.06. The first-order valence-corrected chi connectivity index (χ1v) is 10.0. The Morgan fingerprint density at radius 3 is 2.52 bits per heavy atom. The van der Waals surface area contributed by atoms with Crippen LogP contribution in [0.15, 0.2) is 48.5 Å². The number of hydroxylamine groups is 1. The minimum atomic E-state index is -0.641. The van der Waals surface area contributed by atoms with Crippen LogP contribution in [0, 0.1) is 5.82 Å². The summed E-state index contributed by atoms with van der Waals surface area (Å²) in [5, 5.41) is 3.15. The van der Waals surface area contributed by atoms with Crippen LogP contribution < -0.4 is 10.8 Å². The van der Waals surface area contributed by atoms with Crippen molar-refractivity contribution in [2.75, 3.05) is 46.8 Å². The van der Waals surface area contributed by atoms with Gasteiger partial charge in [-0.05, 0) is 23.8 Å². The van der Waals surface area contributed by atoms with Gasteiger partial charge in [-0.1, -0.05) is 30.3 Å². The van der Waals surface area contributed by atoms with Gasteiger partial charge in [-0.25, -0.2) is 9.18 Å². The Bertz CT molecular complexity index is 837. The predicted octanol–water partition coefficient (Wildman–Crippen LogP) is 2.48. The fourth-order valence-electron chi connectivity index (χ4n) is 2.95. The molecule has 3 rings (SSSR count). The van der Waals surface area contributed by atoms with Crippen LogP contribution in [0.2, 0.25) is 0 Å². The first-order chi connectivity index (χ1) is 15.2. The maximum atomic E-state index is 14.0. The first-order valence-electron chi connectivity index (χ1n) is 10.0. The summed E-state index contributed by atoms with van der Waals surface area (Å²) in [4.78, 5) is 17.8. The van der Waals surface area contributed by atoms with Crippen LogP contribution >= 0.6 is 0 Å². The summed E-state index contributed by atoms with van der Waals surface area (Å²) in [7, 11) is 1.61. The van der Waals surface area contributed by atoms with E-state index in [1.807, 2.05) is 6.07 Å². The molecule has 0 amide bonds. The van der Waals surface area contributed by atoms with Crippen molar-refractivity contribution < 1.29 is 33.0 Å². The Hall–Kier alpha value is -2.40. The van der Waals surface area contributed by atoms with Crippen molar-refractivity contribution in [3.8, 4) is 0 Å². The summed E-state index contributed by atoms with van der Waals surface area (Å²) < 4.78 is 34.7. The second-order valence-corrected chi connectivity index (χ2v) is 6.72. The topological polar surface area (TPSA) is 87.3 Å². The van der Waals surface area contributed by atoms with Gasteiger partial charge in [-0.2, -0.15) is 5.48 Å². The Morgan fingerprint density at radius 1 is 1.00 bits per heavy atom. The van der Waals surface area contributed by atoms with Crippen LogP contribution in [0.25, 0.3) is 0 Å². The van der Waals surface area contributed by atoms with Gasteiger partial charge >= 0.3 is 5.97 Å². The molecule has 1 fully saturated rings. The number of carbonyl (C=O) groups excluding carboxylic acids is 1. The molecule has 2 unspecified atom stereocenters. The SMILES string of the molecule is COCCOCCOCCOC(=O)c1cccc(C2NOC(c3ccccc3F)N2)c1. The van der Waals surface area contributed by atoms with E-state index >= 15 is 0 Å². The number of esters is 1. The lowest BCUT2D eigenvalue weighted by molar-refractivity contribution is 0.00568. The molecule has 1 aliphatic heterocycles. The van der Waals surface area contributed by atoms with Crippen molar-refractivity contribution in [2.24, 2.45) is 0 Å². The van der Waals surface area contributed by atoms with E-state index in [2.05, 4.69) is 10.8 Å². The predicted molar refractivity (Wildman–Crippen MR) is 109 cm³/mol. The summed E-state index contributed by atoms with van der Waals surface area (Å²) in [6, 6.07) is 13.3. The van der Waals surface area contributed by atoms with Gasteiger partial charge in [0.1, 0.15) is 18.6 Å². The van der Waals surface area contributed by atoms with E-state index in [-0.39, 0.29) is 19.0 Å². The molecule has 0 radical (unpaired) electrons. The van der Waals surface area contributed by atoms with Crippen LogP contribution in [0.4, 0.5) is 4.39 Å². The Balaban J connectivity index is 1.43. The number of benzene rings is 2. The highest BCUT2D eigenvalue weighted by Crippen LogP contribution is 2.26. The lowest BCUT2D eigenvalue weighted by Gasteiger charge is -2.13. The number of methoxy groups -OCH3 is 1. The Kier molecular flexibility index (Phi) is 9.35. The van der Waals surface area contributed by atoms with Gasteiger partial charge in [0.15, 0.2) is 6.23 Å². The molecule has 0 aliphatic carbocycles. The number of ether oxygens (including phenoxy) is 4. The van der Waals surface area contributed by atoms with Gasteiger partial charge in [0.25, 0.3) is 0 Å². The third-order valence-corrected chi connectivity index (χ3v) is 4.53. The van der Waals surface area contributed by atoms with Crippen LogP contribution in [0.5, 0.6) is 0 Å². The molecular formula is C22H27FN2O6. The number of nitrogens with one attached hydrogen (secondary N) is 2. The molecule has 31 heavy (non-hydrogen) atoms. The molecule has 0 spiro atoms. The first kappa shape index (κ1) is 23.3. The van der Waals surface area contributed by atoms with Crippen LogP contribution in [-0.2, 0) is 23.8 Å². The van der Waals surface area contributed by atoms with E-state index in [0.29, 0.717) is 37.6 Å². The van der Waals surface area contributed by atoms with Crippen molar-refractivity contribution >= 4 is 5.97 Å². The second kappa shape index (κ2) is 12.5. The van der Waals surface area contributed by atoms with E-state index in [9.17, 15) is 9.18 Å². The summed E-state index contributed by atoms with van der Waals surface area (Å²) in [6.07, 6.45) is -1.05. The highest BCUT2D eigenvalue weighted by molar-refractivity contribution is 5.89. The smallest absolute Gasteiger partial charge is 0.338 e. The van der Waals surface area contributed by atoms with Gasteiger partial charge in [-0.3, -0.25) is 10.2 Å². The fourth-order valence-corrected chi connectivity index (χ4v) is 2.95. The molecule has 1 aliphatic rings. The van der Waals surface area contributed by atoms with E-state index in [1.165, 1.54) is 6.07 Å². The van der Waals surface area contributed by atoms with Crippen molar-refractivity contribution in [1.29, 1.82) is 0 Å². The maximum Gasteiger partial charge on any atom is 0.338 e. The molecule has 2 atom stereocenters. The largest absolute Gasteiger partial charge is 0.460 e. The van der Waals surface area contributed by atoms with Crippen molar-refractivity contribution in [2.45, 2.75) is 12.4 Å². The average molecular weight is 434 g/mol. The van der Waals surface area contributed by atoms with Gasteiger partial charge < -0.3 is 18.9 Å². The van der Waals surface area contributed by atoms with Crippen molar-refractivity contribution in [3.63, 3.8) is 0 Å². The minimum Gasteiger partial charge on any atom is -0.460 e. The number of hydrogen-bond acceptors (Lipinski definition) is 8. The summed E-state index contributed by atoms with van der Waals surface area (Å²) in [6.45, 7) is 2.35. The van der Waals surface area contributed by atoms with Crippen LogP contribution in [0.1, 0.15) is 33.9 Å². The zero-order chi connectivity index (χ0) is 21.9. The molecule has 0 saturated carbocycles. The minimum absolute atomic E-state index is 0.138. The summed E-state index contributed by atoms with van der Waals surface area (Å²) in [5.74, 6) is -0.810. The fraction of sp³-hybridized carbons (Fsp3) is 0.409. The van der Waals surface area contributed by atoms with Gasteiger partial charge in [0.05, 0.1) is 38.6 Å². The highest BCUT2D eigenvalue weighted by atomic mass is 19.1. The molecule has 0 aromatic heterocycles. The van der Waals surface area contributed by atoms with Crippen LogP contribution in [-0.4, -0.2) is 52.7 Å². The third-order valence-electron chi connectivity index (χ3n) is 4.53. The van der Waals surface area contributed by atoms with Gasteiger partial charge in [0, 0.05) is 12.7 Å². The van der Waals surface area contributed by atoms with Crippen molar-refractivity contribution in [3.05, 3.63) is 71.0 Å². The quantitative estimate of drug-likeness (QED) is 0.389. The molecule has 1 saturated heterocycles. The second-order valence-electron chi connectivity index (χ2n) is 6.72. The van der Waals surface area contributed by atoms with Crippen LogP contribution in [0.3, 0.4) is 0 Å². The molecule has 168 valence electrons. The highest BCUT2D eigenvalue weighted by Gasteiger charge is 2.28. The number of halogens is 1. The van der Waals surface area contributed by atoms with Gasteiger partial charge in [-0.15, -0.1) is 0 Å². The Morgan fingerprint density at radius 2 is 1.74 bits per heavy atom. The van der Waals surface area contributed by atoms with E-state index in [1.54, 1.807) is 43.5 Å². The van der Waals surface area contributed by atoms with E-state index in [0.717, 1.165) is 5.56 Å². The molecule has 1 heterocycles.